The van der Waals surface area contributed by atoms with E-state index in [1.807, 2.05) is 0 Å². The molecule has 0 aromatic heterocycles. The highest BCUT2D eigenvalue weighted by Gasteiger charge is 2.55. The summed E-state index contributed by atoms with van der Waals surface area (Å²) < 4.78 is 20.4. The summed E-state index contributed by atoms with van der Waals surface area (Å²) in [7, 11) is 2.61. The van der Waals surface area contributed by atoms with Crippen molar-refractivity contribution in [2.75, 3.05) is 27.4 Å². The fourth-order valence-corrected chi connectivity index (χ4v) is 2.57. The number of carbonyl (C=O) groups is 2. The van der Waals surface area contributed by atoms with Crippen LogP contribution in [0.1, 0.15) is 12.8 Å². The molecule has 0 aromatic carbocycles. The zero-order chi connectivity index (χ0) is 12.5. The standard InChI is InChI=1S/C11H16O6/c1-14-9(12)7-5-11(16-3-4-17-11)6-8(7)10(13)15-2/h7-8H,3-6H2,1-2H3/t7-,8+. The molecule has 0 unspecified atom stereocenters. The molecule has 6 heteroatoms. The number of rotatable bonds is 2. The van der Waals surface area contributed by atoms with E-state index in [-0.39, 0.29) is 0 Å². The van der Waals surface area contributed by atoms with Crippen molar-refractivity contribution < 1.29 is 28.5 Å². The molecule has 1 aliphatic carbocycles. The molecule has 1 spiro atoms. The van der Waals surface area contributed by atoms with E-state index in [0.29, 0.717) is 26.1 Å². The van der Waals surface area contributed by atoms with Gasteiger partial charge in [-0.1, -0.05) is 0 Å². The van der Waals surface area contributed by atoms with Gasteiger partial charge >= 0.3 is 11.9 Å². The first-order valence-electron chi connectivity index (χ1n) is 5.55. The summed E-state index contributed by atoms with van der Waals surface area (Å²) in [5.74, 6) is -2.75. The van der Waals surface area contributed by atoms with Gasteiger partial charge in [-0.2, -0.15) is 0 Å². The lowest BCUT2D eigenvalue weighted by Gasteiger charge is -2.20. The van der Waals surface area contributed by atoms with E-state index in [2.05, 4.69) is 0 Å². The van der Waals surface area contributed by atoms with Gasteiger partial charge in [0.05, 0.1) is 39.3 Å². The Hall–Kier alpha value is -1.14. The average molecular weight is 244 g/mol. The minimum atomic E-state index is -0.808. The smallest absolute Gasteiger partial charge is 0.309 e. The van der Waals surface area contributed by atoms with E-state index in [1.165, 1.54) is 14.2 Å². The average Bonchev–Trinajstić information content (AvgIpc) is 2.95. The van der Waals surface area contributed by atoms with Crippen LogP contribution >= 0.6 is 0 Å². The van der Waals surface area contributed by atoms with Crippen molar-refractivity contribution in [2.24, 2.45) is 11.8 Å². The fraction of sp³-hybridized carbons (Fsp3) is 0.818. The Morgan fingerprint density at radius 2 is 1.41 bits per heavy atom. The fourth-order valence-electron chi connectivity index (χ4n) is 2.57. The molecule has 2 atom stereocenters. The van der Waals surface area contributed by atoms with Gasteiger partial charge in [-0.05, 0) is 0 Å². The molecule has 96 valence electrons. The van der Waals surface area contributed by atoms with Gasteiger partial charge in [-0.25, -0.2) is 0 Å². The molecular weight excluding hydrogens is 228 g/mol. The number of ether oxygens (including phenoxy) is 4. The maximum absolute atomic E-state index is 11.6. The van der Waals surface area contributed by atoms with Crippen molar-refractivity contribution in [2.45, 2.75) is 18.6 Å². The summed E-state index contributed by atoms with van der Waals surface area (Å²) in [6, 6.07) is 0. The number of esters is 2. The molecular formula is C11H16O6. The number of hydrogen-bond acceptors (Lipinski definition) is 6. The maximum Gasteiger partial charge on any atom is 0.309 e. The quantitative estimate of drug-likeness (QED) is 0.642. The molecule has 17 heavy (non-hydrogen) atoms. The number of hydrogen-bond donors (Lipinski definition) is 0. The van der Waals surface area contributed by atoms with Crippen molar-refractivity contribution in [1.82, 2.24) is 0 Å². The third-order valence-electron chi connectivity index (χ3n) is 3.37. The van der Waals surface area contributed by atoms with E-state index in [9.17, 15) is 9.59 Å². The van der Waals surface area contributed by atoms with Crippen LogP contribution in [0.4, 0.5) is 0 Å². The molecule has 2 rings (SSSR count). The van der Waals surface area contributed by atoms with E-state index >= 15 is 0 Å². The summed E-state index contributed by atoms with van der Waals surface area (Å²) in [6.45, 7) is 0.976. The molecule has 2 fully saturated rings. The first kappa shape index (κ1) is 12.3. The highest BCUT2D eigenvalue weighted by Crippen LogP contribution is 2.45. The number of carbonyl (C=O) groups excluding carboxylic acids is 2. The van der Waals surface area contributed by atoms with Crippen LogP contribution in [-0.4, -0.2) is 45.2 Å². The summed E-state index contributed by atoms with van der Waals surface area (Å²) in [6.07, 6.45) is 0.693. The first-order chi connectivity index (χ1) is 8.12. The minimum absolute atomic E-state index is 0.347. The topological polar surface area (TPSA) is 71.1 Å². The second-order valence-corrected chi connectivity index (χ2v) is 4.28. The second-order valence-electron chi connectivity index (χ2n) is 4.28. The van der Waals surface area contributed by atoms with Gasteiger partial charge in [0.15, 0.2) is 5.79 Å². The van der Waals surface area contributed by atoms with Crippen LogP contribution in [0.5, 0.6) is 0 Å². The number of methoxy groups -OCH3 is 2. The SMILES string of the molecule is COC(=O)[C@H]1CC2(C[C@H]1C(=O)OC)OCCO2. The zero-order valence-electron chi connectivity index (χ0n) is 9.93. The normalized spacial score (nSPS) is 30.5. The van der Waals surface area contributed by atoms with Crippen molar-refractivity contribution in [3.05, 3.63) is 0 Å². The van der Waals surface area contributed by atoms with E-state index in [1.54, 1.807) is 0 Å². The van der Waals surface area contributed by atoms with Gasteiger partial charge in [-0.3, -0.25) is 9.59 Å². The maximum atomic E-state index is 11.6. The molecule has 0 N–H and O–H groups in total. The minimum Gasteiger partial charge on any atom is -0.469 e. The van der Waals surface area contributed by atoms with Crippen LogP contribution in [0, 0.1) is 11.8 Å². The van der Waals surface area contributed by atoms with E-state index in [4.69, 9.17) is 18.9 Å². The Labute approximate surface area is 99.2 Å². The summed E-state index contributed by atoms with van der Waals surface area (Å²) in [5.41, 5.74) is 0. The van der Waals surface area contributed by atoms with Crippen LogP contribution in [0.15, 0.2) is 0 Å². The highest BCUT2D eigenvalue weighted by molar-refractivity contribution is 5.83. The van der Waals surface area contributed by atoms with Crippen LogP contribution in [0.25, 0.3) is 0 Å². The molecule has 1 aliphatic heterocycles. The third-order valence-corrected chi connectivity index (χ3v) is 3.37. The highest BCUT2D eigenvalue weighted by atomic mass is 16.7. The van der Waals surface area contributed by atoms with Gasteiger partial charge in [0.2, 0.25) is 0 Å². The Kier molecular flexibility index (Phi) is 3.35. The first-order valence-corrected chi connectivity index (χ1v) is 5.55. The molecule has 2 aliphatic rings. The summed E-state index contributed by atoms with van der Waals surface area (Å²) in [4.78, 5) is 23.3. The van der Waals surface area contributed by atoms with Crippen molar-refractivity contribution in [3.8, 4) is 0 Å². The van der Waals surface area contributed by atoms with Gasteiger partial charge in [0.1, 0.15) is 0 Å². The molecule has 0 radical (unpaired) electrons. The van der Waals surface area contributed by atoms with Crippen LogP contribution in [-0.2, 0) is 28.5 Å². The molecule has 1 saturated heterocycles. The predicted molar refractivity (Wildman–Crippen MR) is 54.9 cm³/mol. The Morgan fingerprint density at radius 3 is 1.76 bits per heavy atom. The Bertz CT molecular complexity index is 294. The zero-order valence-corrected chi connectivity index (χ0v) is 9.93. The summed E-state index contributed by atoms with van der Waals surface area (Å²) >= 11 is 0. The third kappa shape index (κ3) is 2.14. The van der Waals surface area contributed by atoms with Crippen LogP contribution in [0.3, 0.4) is 0 Å². The molecule has 1 saturated carbocycles. The van der Waals surface area contributed by atoms with Gasteiger partial charge in [-0.15, -0.1) is 0 Å². The molecule has 0 amide bonds. The van der Waals surface area contributed by atoms with Gasteiger partial charge in [0.25, 0.3) is 0 Å². The van der Waals surface area contributed by atoms with E-state index in [0.717, 1.165) is 0 Å². The molecule has 1 heterocycles. The lowest BCUT2D eigenvalue weighted by molar-refractivity contribution is -0.162. The van der Waals surface area contributed by atoms with Crippen molar-refractivity contribution in [3.63, 3.8) is 0 Å². The van der Waals surface area contributed by atoms with E-state index < -0.39 is 29.6 Å². The molecule has 0 bridgehead atoms. The lowest BCUT2D eigenvalue weighted by atomic mass is 9.96. The Balaban J connectivity index is 2.17. The Morgan fingerprint density at radius 1 is 1.00 bits per heavy atom. The van der Waals surface area contributed by atoms with Crippen LogP contribution in [0.2, 0.25) is 0 Å². The van der Waals surface area contributed by atoms with Crippen LogP contribution < -0.4 is 0 Å². The predicted octanol–water partition coefficient (Wildman–Crippen LogP) is 0.102. The largest absolute Gasteiger partial charge is 0.469 e. The lowest BCUT2D eigenvalue weighted by Crippen LogP contribution is -2.27. The van der Waals surface area contributed by atoms with Gasteiger partial charge in [0, 0.05) is 12.8 Å². The molecule has 6 nitrogen and oxygen atoms in total. The van der Waals surface area contributed by atoms with Crippen molar-refractivity contribution >= 4 is 11.9 Å². The second kappa shape index (κ2) is 4.62. The van der Waals surface area contributed by atoms with Crippen molar-refractivity contribution in [1.29, 1.82) is 0 Å². The monoisotopic (exact) mass is 244 g/mol. The van der Waals surface area contributed by atoms with Gasteiger partial charge < -0.3 is 18.9 Å². The summed E-state index contributed by atoms with van der Waals surface area (Å²) in [5, 5.41) is 0. The molecule has 0 aromatic rings.